The molecule has 0 aliphatic heterocycles. The molecule has 1 aliphatic carbocycles. The Kier molecular flexibility index (Phi) is 6.43. The van der Waals surface area contributed by atoms with Gasteiger partial charge >= 0.3 is 5.97 Å². The number of carbonyl (C=O) groups is 4. The zero-order valence-electron chi connectivity index (χ0n) is 16.3. The lowest BCUT2D eigenvalue weighted by molar-refractivity contribution is -0.119. The van der Waals surface area contributed by atoms with Gasteiger partial charge in [0.25, 0.3) is 5.91 Å². The first-order valence-electron chi connectivity index (χ1n) is 9.36. The molecule has 1 aromatic heterocycles. The van der Waals surface area contributed by atoms with Crippen LogP contribution in [0.2, 0.25) is 0 Å². The Morgan fingerprint density at radius 2 is 1.76 bits per heavy atom. The number of anilines is 2. The Labute approximate surface area is 172 Å². The molecule has 0 unspecified atom stereocenters. The van der Waals surface area contributed by atoms with E-state index in [4.69, 9.17) is 4.74 Å². The van der Waals surface area contributed by atoms with Crippen LogP contribution < -0.4 is 10.6 Å². The summed E-state index contributed by atoms with van der Waals surface area (Å²) in [5.41, 5.74) is 1.99. The van der Waals surface area contributed by atoms with Crippen LogP contribution in [0.3, 0.4) is 0 Å². The molecule has 2 aromatic rings. The topological polar surface area (TPSA) is 102 Å². The monoisotopic (exact) mass is 414 g/mol. The standard InChI is InChI=1S/C21H22N2O5S/c1-12(24)14-7-3-5-9-16(14)23-18(26)11-28-21(27)19-15-8-4-6-10-17(15)29-20(19)22-13(2)25/h3,5,7,9H,4,6,8,10-11H2,1-2H3,(H,22,25)(H,23,26). The molecule has 8 heteroatoms. The first kappa shape index (κ1) is 20.7. The van der Waals surface area contributed by atoms with Crippen molar-refractivity contribution >= 4 is 45.6 Å². The normalized spacial score (nSPS) is 12.6. The number of Topliss-reactive ketones (excluding diaryl/α,β-unsaturated/α-hetero) is 1. The summed E-state index contributed by atoms with van der Waals surface area (Å²) in [6.45, 7) is 2.30. The van der Waals surface area contributed by atoms with Gasteiger partial charge in [0.15, 0.2) is 12.4 Å². The maximum atomic E-state index is 12.7. The van der Waals surface area contributed by atoms with Crippen LogP contribution in [0.1, 0.15) is 57.8 Å². The Morgan fingerprint density at radius 1 is 1.03 bits per heavy atom. The highest BCUT2D eigenvalue weighted by molar-refractivity contribution is 7.17. The molecular formula is C21H22N2O5S. The van der Waals surface area contributed by atoms with Crippen molar-refractivity contribution in [2.24, 2.45) is 0 Å². The SMILES string of the molecule is CC(=O)Nc1sc2c(c1C(=O)OCC(=O)Nc1ccccc1C(C)=O)CCCC2. The van der Waals surface area contributed by atoms with Gasteiger partial charge in [-0.15, -0.1) is 11.3 Å². The minimum Gasteiger partial charge on any atom is -0.452 e. The number of benzene rings is 1. The van der Waals surface area contributed by atoms with Crippen LogP contribution in [0, 0.1) is 0 Å². The van der Waals surface area contributed by atoms with Gasteiger partial charge in [-0.2, -0.15) is 0 Å². The van der Waals surface area contributed by atoms with Crippen LogP contribution in [-0.4, -0.2) is 30.2 Å². The zero-order valence-corrected chi connectivity index (χ0v) is 17.1. The van der Waals surface area contributed by atoms with Gasteiger partial charge in [0.05, 0.1) is 11.3 Å². The van der Waals surface area contributed by atoms with Gasteiger partial charge < -0.3 is 15.4 Å². The van der Waals surface area contributed by atoms with Gasteiger partial charge in [0, 0.05) is 17.4 Å². The summed E-state index contributed by atoms with van der Waals surface area (Å²) in [6, 6.07) is 6.63. The Balaban J connectivity index is 1.71. The summed E-state index contributed by atoms with van der Waals surface area (Å²) in [5, 5.41) is 5.77. The quantitative estimate of drug-likeness (QED) is 0.556. The number of rotatable bonds is 6. The Hall–Kier alpha value is -3.00. The summed E-state index contributed by atoms with van der Waals surface area (Å²) < 4.78 is 5.23. The molecular weight excluding hydrogens is 392 g/mol. The molecule has 1 aromatic carbocycles. The second-order valence-corrected chi connectivity index (χ2v) is 7.93. The smallest absolute Gasteiger partial charge is 0.341 e. The molecule has 1 heterocycles. The summed E-state index contributed by atoms with van der Waals surface area (Å²) in [7, 11) is 0. The van der Waals surface area contributed by atoms with Crippen molar-refractivity contribution in [1.82, 2.24) is 0 Å². The van der Waals surface area contributed by atoms with Crippen LogP contribution >= 0.6 is 11.3 Å². The highest BCUT2D eigenvalue weighted by Crippen LogP contribution is 2.38. The predicted octanol–water partition coefficient (Wildman–Crippen LogP) is 3.58. The highest BCUT2D eigenvalue weighted by Gasteiger charge is 2.27. The van der Waals surface area contributed by atoms with Gasteiger partial charge in [0.2, 0.25) is 5.91 Å². The lowest BCUT2D eigenvalue weighted by Crippen LogP contribution is -2.23. The van der Waals surface area contributed by atoms with Gasteiger partial charge in [-0.3, -0.25) is 14.4 Å². The number of nitrogens with one attached hydrogen (secondary N) is 2. The van der Waals surface area contributed by atoms with E-state index in [1.807, 2.05) is 0 Å². The van der Waals surface area contributed by atoms with Gasteiger partial charge in [0.1, 0.15) is 5.00 Å². The molecule has 3 rings (SSSR count). The molecule has 0 bridgehead atoms. The number of para-hydroxylation sites is 1. The number of aryl methyl sites for hydroxylation is 1. The minimum absolute atomic E-state index is 0.178. The van der Waals surface area contributed by atoms with E-state index in [0.29, 0.717) is 21.8 Å². The third kappa shape index (κ3) is 4.89. The van der Waals surface area contributed by atoms with Crippen LogP contribution in [-0.2, 0) is 27.2 Å². The van der Waals surface area contributed by atoms with E-state index in [1.54, 1.807) is 24.3 Å². The molecule has 0 atom stereocenters. The van der Waals surface area contributed by atoms with Crippen molar-refractivity contribution in [2.45, 2.75) is 39.5 Å². The van der Waals surface area contributed by atoms with E-state index in [-0.39, 0.29) is 11.7 Å². The van der Waals surface area contributed by atoms with Crippen molar-refractivity contribution in [1.29, 1.82) is 0 Å². The fraction of sp³-hybridized carbons (Fsp3) is 0.333. The minimum atomic E-state index is -0.636. The number of thiophene rings is 1. The summed E-state index contributed by atoms with van der Waals surface area (Å²) >= 11 is 1.39. The summed E-state index contributed by atoms with van der Waals surface area (Å²) in [6.07, 6.45) is 3.61. The van der Waals surface area contributed by atoms with Crippen LogP contribution in [0.25, 0.3) is 0 Å². The molecule has 152 valence electrons. The lowest BCUT2D eigenvalue weighted by Gasteiger charge is -2.13. The maximum absolute atomic E-state index is 12.7. The highest BCUT2D eigenvalue weighted by atomic mass is 32.1. The number of esters is 1. The van der Waals surface area contributed by atoms with Crippen molar-refractivity contribution in [2.75, 3.05) is 17.2 Å². The third-order valence-corrected chi connectivity index (χ3v) is 5.79. The lowest BCUT2D eigenvalue weighted by atomic mass is 9.95. The van der Waals surface area contributed by atoms with E-state index in [1.165, 1.54) is 25.2 Å². The molecule has 1 aliphatic rings. The summed E-state index contributed by atoms with van der Waals surface area (Å²) in [5.74, 6) is -1.63. The molecule has 0 saturated heterocycles. The number of hydrogen-bond acceptors (Lipinski definition) is 6. The molecule has 2 amide bonds. The molecule has 2 N–H and O–H groups in total. The first-order chi connectivity index (χ1) is 13.9. The molecule has 0 saturated carbocycles. The first-order valence-corrected chi connectivity index (χ1v) is 10.2. The molecule has 7 nitrogen and oxygen atoms in total. The van der Waals surface area contributed by atoms with Crippen molar-refractivity contribution in [3.8, 4) is 0 Å². The van der Waals surface area contributed by atoms with E-state index in [9.17, 15) is 19.2 Å². The fourth-order valence-electron chi connectivity index (χ4n) is 3.32. The molecule has 0 radical (unpaired) electrons. The van der Waals surface area contributed by atoms with E-state index < -0.39 is 18.5 Å². The van der Waals surface area contributed by atoms with Gasteiger partial charge in [-0.25, -0.2) is 4.79 Å². The van der Waals surface area contributed by atoms with Crippen LogP contribution in [0.5, 0.6) is 0 Å². The number of fused-ring (bicyclic) bond motifs is 1. The molecule has 0 spiro atoms. The number of ketones is 1. The predicted molar refractivity (Wildman–Crippen MR) is 111 cm³/mol. The second-order valence-electron chi connectivity index (χ2n) is 6.82. The van der Waals surface area contributed by atoms with E-state index in [0.717, 1.165) is 36.1 Å². The zero-order chi connectivity index (χ0) is 21.0. The maximum Gasteiger partial charge on any atom is 0.341 e. The average Bonchev–Trinajstić information content (AvgIpc) is 3.03. The Bertz CT molecular complexity index is 979. The van der Waals surface area contributed by atoms with Crippen molar-refractivity contribution in [3.63, 3.8) is 0 Å². The van der Waals surface area contributed by atoms with Crippen LogP contribution in [0.15, 0.2) is 24.3 Å². The molecule has 0 fully saturated rings. The van der Waals surface area contributed by atoms with E-state index in [2.05, 4.69) is 10.6 Å². The van der Waals surface area contributed by atoms with Crippen molar-refractivity contribution < 1.29 is 23.9 Å². The van der Waals surface area contributed by atoms with Crippen LogP contribution in [0.4, 0.5) is 10.7 Å². The van der Waals surface area contributed by atoms with Gasteiger partial charge in [-0.05, 0) is 50.3 Å². The average molecular weight is 414 g/mol. The number of hydrogen-bond donors (Lipinski definition) is 2. The fourth-order valence-corrected chi connectivity index (χ4v) is 4.64. The van der Waals surface area contributed by atoms with Gasteiger partial charge in [-0.1, -0.05) is 12.1 Å². The molecule has 29 heavy (non-hydrogen) atoms. The largest absolute Gasteiger partial charge is 0.452 e. The van der Waals surface area contributed by atoms with Crippen molar-refractivity contribution in [3.05, 3.63) is 45.8 Å². The number of ether oxygens (including phenoxy) is 1. The van der Waals surface area contributed by atoms with E-state index >= 15 is 0 Å². The summed E-state index contributed by atoms with van der Waals surface area (Å²) in [4.78, 5) is 49.2. The second kappa shape index (κ2) is 9.00. The third-order valence-electron chi connectivity index (χ3n) is 4.58. The Morgan fingerprint density at radius 3 is 2.48 bits per heavy atom. The number of amides is 2. The number of carbonyl (C=O) groups excluding carboxylic acids is 4.